The molecule has 0 saturated heterocycles. The van der Waals surface area contributed by atoms with Crippen molar-refractivity contribution in [2.24, 2.45) is 5.84 Å². The number of nitrogens with zero attached hydrogens (tertiary/aromatic N) is 1. The standard InChI is InChI=1S/C9H12FN3O/c1-13(2)6-3-4-8(10)7(5-6)9(14)12-11/h3-5H,11H2,1-2H3,(H,12,14). The van der Waals surface area contributed by atoms with E-state index in [4.69, 9.17) is 5.84 Å². The molecule has 0 fully saturated rings. The van der Waals surface area contributed by atoms with Crippen LogP contribution in [0, 0.1) is 5.82 Å². The molecule has 0 aliphatic carbocycles. The summed E-state index contributed by atoms with van der Waals surface area (Å²) in [5.74, 6) is 3.70. The number of amides is 1. The van der Waals surface area contributed by atoms with Crippen molar-refractivity contribution in [2.75, 3.05) is 19.0 Å². The van der Waals surface area contributed by atoms with E-state index in [9.17, 15) is 9.18 Å². The Balaban J connectivity index is 3.15. The molecule has 1 amide bonds. The van der Waals surface area contributed by atoms with Crippen LogP contribution in [0.15, 0.2) is 18.2 Å². The minimum Gasteiger partial charge on any atom is -0.378 e. The van der Waals surface area contributed by atoms with Crippen molar-refractivity contribution in [1.29, 1.82) is 0 Å². The van der Waals surface area contributed by atoms with Crippen LogP contribution >= 0.6 is 0 Å². The van der Waals surface area contributed by atoms with E-state index in [-0.39, 0.29) is 5.56 Å². The molecule has 4 nitrogen and oxygen atoms in total. The Hall–Kier alpha value is -1.62. The van der Waals surface area contributed by atoms with Gasteiger partial charge in [0.2, 0.25) is 0 Å². The van der Waals surface area contributed by atoms with E-state index >= 15 is 0 Å². The second kappa shape index (κ2) is 4.06. The summed E-state index contributed by atoms with van der Waals surface area (Å²) in [6.07, 6.45) is 0. The molecule has 0 radical (unpaired) electrons. The van der Waals surface area contributed by atoms with Gasteiger partial charge in [-0.25, -0.2) is 10.2 Å². The van der Waals surface area contributed by atoms with Crippen LogP contribution in [0.2, 0.25) is 0 Å². The highest BCUT2D eigenvalue weighted by Gasteiger charge is 2.11. The smallest absolute Gasteiger partial charge is 0.268 e. The van der Waals surface area contributed by atoms with Gasteiger partial charge < -0.3 is 4.90 Å². The lowest BCUT2D eigenvalue weighted by molar-refractivity contribution is 0.0949. The third-order valence-electron chi connectivity index (χ3n) is 1.84. The zero-order valence-electron chi connectivity index (χ0n) is 8.04. The largest absolute Gasteiger partial charge is 0.378 e. The lowest BCUT2D eigenvalue weighted by Gasteiger charge is -2.13. The van der Waals surface area contributed by atoms with Crippen molar-refractivity contribution in [1.82, 2.24) is 5.43 Å². The Bertz CT molecular complexity index is 352. The van der Waals surface area contributed by atoms with Gasteiger partial charge in [-0.15, -0.1) is 0 Å². The van der Waals surface area contributed by atoms with E-state index < -0.39 is 11.7 Å². The number of hydrogen-bond acceptors (Lipinski definition) is 3. The first-order chi connectivity index (χ1) is 6.56. The molecule has 14 heavy (non-hydrogen) atoms. The number of carbonyl (C=O) groups excluding carboxylic acids is 1. The maximum atomic E-state index is 13.1. The lowest BCUT2D eigenvalue weighted by Crippen LogP contribution is -2.30. The minimum absolute atomic E-state index is 0.0568. The van der Waals surface area contributed by atoms with E-state index in [0.29, 0.717) is 0 Å². The predicted octanol–water partition coefficient (Wildman–Crippen LogP) is 0.495. The molecule has 76 valence electrons. The van der Waals surface area contributed by atoms with E-state index in [0.717, 1.165) is 5.69 Å². The first-order valence-corrected chi connectivity index (χ1v) is 4.04. The fraction of sp³-hybridized carbons (Fsp3) is 0.222. The number of hydrazine groups is 1. The Morgan fingerprint density at radius 2 is 2.14 bits per heavy atom. The average molecular weight is 197 g/mol. The molecule has 0 unspecified atom stereocenters. The highest BCUT2D eigenvalue weighted by atomic mass is 19.1. The monoisotopic (exact) mass is 197 g/mol. The van der Waals surface area contributed by atoms with Gasteiger partial charge in [0, 0.05) is 19.8 Å². The molecule has 0 saturated carbocycles. The number of nitrogens with two attached hydrogens (primary N) is 1. The van der Waals surface area contributed by atoms with Gasteiger partial charge in [0.25, 0.3) is 5.91 Å². The van der Waals surface area contributed by atoms with Crippen molar-refractivity contribution >= 4 is 11.6 Å². The third kappa shape index (κ3) is 2.00. The van der Waals surface area contributed by atoms with Crippen molar-refractivity contribution in [3.05, 3.63) is 29.6 Å². The van der Waals surface area contributed by atoms with Crippen molar-refractivity contribution in [3.8, 4) is 0 Å². The molecule has 0 bridgehead atoms. The first-order valence-electron chi connectivity index (χ1n) is 4.04. The molecule has 0 aromatic heterocycles. The summed E-state index contributed by atoms with van der Waals surface area (Å²) in [6, 6.07) is 4.26. The number of hydrogen-bond donors (Lipinski definition) is 2. The molecule has 3 N–H and O–H groups in total. The normalized spacial score (nSPS) is 9.71. The number of nitrogen functional groups attached to an aromatic ring is 1. The zero-order valence-corrected chi connectivity index (χ0v) is 8.04. The van der Waals surface area contributed by atoms with Gasteiger partial charge in [-0.1, -0.05) is 0 Å². The summed E-state index contributed by atoms with van der Waals surface area (Å²) >= 11 is 0. The first kappa shape index (κ1) is 10.5. The summed E-state index contributed by atoms with van der Waals surface area (Å²) in [6.45, 7) is 0. The number of benzene rings is 1. The van der Waals surface area contributed by atoms with Crippen LogP contribution in [-0.2, 0) is 0 Å². The molecular weight excluding hydrogens is 185 g/mol. The van der Waals surface area contributed by atoms with E-state index in [1.54, 1.807) is 25.1 Å². The molecular formula is C9H12FN3O. The number of carbonyl (C=O) groups is 1. The minimum atomic E-state index is -0.633. The molecule has 0 aliphatic rings. The van der Waals surface area contributed by atoms with Crippen molar-refractivity contribution in [2.45, 2.75) is 0 Å². The fourth-order valence-electron chi connectivity index (χ4n) is 1.04. The summed E-state index contributed by atoms with van der Waals surface area (Å²) < 4.78 is 13.1. The number of rotatable bonds is 2. The quantitative estimate of drug-likeness (QED) is 0.412. The summed E-state index contributed by atoms with van der Waals surface area (Å²) in [4.78, 5) is 12.9. The van der Waals surface area contributed by atoms with Crippen LogP contribution in [-0.4, -0.2) is 20.0 Å². The molecule has 0 aliphatic heterocycles. The number of halogens is 1. The van der Waals surface area contributed by atoms with Gasteiger partial charge >= 0.3 is 0 Å². The zero-order chi connectivity index (χ0) is 10.7. The van der Waals surface area contributed by atoms with Crippen molar-refractivity contribution < 1.29 is 9.18 Å². The highest BCUT2D eigenvalue weighted by molar-refractivity contribution is 5.95. The summed E-state index contributed by atoms with van der Waals surface area (Å²) in [7, 11) is 3.61. The molecule has 5 heteroatoms. The SMILES string of the molecule is CN(C)c1ccc(F)c(C(=O)NN)c1. The summed E-state index contributed by atoms with van der Waals surface area (Å²) in [5.41, 5.74) is 2.57. The Labute approximate surface area is 81.5 Å². The Morgan fingerprint density at radius 1 is 1.50 bits per heavy atom. The molecule has 0 spiro atoms. The number of anilines is 1. The topological polar surface area (TPSA) is 58.4 Å². The average Bonchev–Trinajstić information content (AvgIpc) is 2.17. The van der Waals surface area contributed by atoms with Gasteiger partial charge in [-0.2, -0.15) is 0 Å². The van der Waals surface area contributed by atoms with E-state index in [1.807, 2.05) is 5.43 Å². The second-order valence-electron chi connectivity index (χ2n) is 3.03. The molecule has 0 atom stereocenters. The molecule has 1 aromatic carbocycles. The van der Waals surface area contributed by atoms with Gasteiger partial charge in [0.1, 0.15) is 5.82 Å². The molecule has 1 aromatic rings. The second-order valence-corrected chi connectivity index (χ2v) is 3.03. The maximum Gasteiger partial charge on any atom is 0.268 e. The Morgan fingerprint density at radius 3 is 2.64 bits per heavy atom. The van der Waals surface area contributed by atoms with Gasteiger partial charge in [0.05, 0.1) is 5.56 Å². The molecule has 1 rings (SSSR count). The van der Waals surface area contributed by atoms with Gasteiger partial charge in [-0.05, 0) is 18.2 Å². The van der Waals surface area contributed by atoms with Crippen LogP contribution in [0.3, 0.4) is 0 Å². The Kier molecular flexibility index (Phi) is 3.03. The van der Waals surface area contributed by atoms with Gasteiger partial charge in [0.15, 0.2) is 0 Å². The predicted molar refractivity (Wildman–Crippen MR) is 52.4 cm³/mol. The van der Waals surface area contributed by atoms with Crippen LogP contribution < -0.4 is 16.2 Å². The third-order valence-corrected chi connectivity index (χ3v) is 1.84. The maximum absolute atomic E-state index is 13.1. The fourth-order valence-corrected chi connectivity index (χ4v) is 1.04. The number of nitrogens with one attached hydrogen (secondary N) is 1. The van der Waals surface area contributed by atoms with E-state index in [2.05, 4.69) is 0 Å². The van der Waals surface area contributed by atoms with Crippen LogP contribution in [0.4, 0.5) is 10.1 Å². The van der Waals surface area contributed by atoms with Gasteiger partial charge in [-0.3, -0.25) is 10.2 Å². The van der Waals surface area contributed by atoms with Crippen molar-refractivity contribution in [3.63, 3.8) is 0 Å². The highest BCUT2D eigenvalue weighted by Crippen LogP contribution is 2.16. The van der Waals surface area contributed by atoms with E-state index in [1.165, 1.54) is 12.1 Å². The molecule has 0 heterocycles. The lowest BCUT2D eigenvalue weighted by atomic mass is 10.1. The van der Waals surface area contributed by atoms with Crippen LogP contribution in [0.5, 0.6) is 0 Å². The van der Waals surface area contributed by atoms with Crippen LogP contribution in [0.1, 0.15) is 10.4 Å². The summed E-state index contributed by atoms with van der Waals surface area (Å²) in [5, 5.41) is 0. The van der Waals surface area contributed by atoms with Crippen LogP contribution in [0.25, 0.3) is 0 Å².